The number of nitrogens with two attached hydrogens (primary N) is 4. The van der Waals surface area contributed by atoms with Crippen molar-refractivity contribution in [1.29, 1.82) is 0 Å². The average molecular weight is 230 g/mol. The van der Waals surface area contributed by atoms with Crippen molar-refractivity contribution in [3.05, 3.63) is 36.4 Å². The van der Waals surface area contributed by atoms with Crippen molar-refractivity contribution in [1.82, 2.24) is 0 Å². The van der Waals surface area contributed by atoms with Gasteiger partial charge in [-0.05, 0) is 18.2 Å². The maximum Gasteiger partial charge on any atom is 0.177 e. The fourth-order valence-corrected chi connectivity index (χ4v) is 1.45. The maximum absolute atomic E-state index is 5.81. The Morgan fingerprint density at radius 1 is 0.765 bits per heavy atom. The second-order valence-corrected chi connectivity index (χ2v) is 3.63. The molecule has 8 N–H and O–H groups in total. The first-order valence-corrected chi connectivity index (χ1v) is 5.05. The van der Waals surface area contributed by atoms with E-state index in [9.17, 15) is 0 Å². The van der Waals surface area contributed by atoms with Crippen LogP contribution in [0.15, 0.2) is 36.4 Å². The minimum absolute atomic E-state index is 0.292. The highest BCUT2D eigenvalue weighted by Gasteiger charge is 2.13. The van der Waals surface area contributed by atoms with Gasteiger partial charge in [-0.2, -0.15) is 0 Å². The third-order valence-corrected chi connectivity index (χ3v) is 2.39. The molecule has 0 aliphatic rings. The normalized spacial score (nSPS) is 10.1. The molecule has 0 atom stereocenters. The first kappa shape index (κ1) is 10.9. The topological polar surface area (TPSA) is 113 Å². The zero-order valence-electron chi connectivity index (χ0n) is 9.18. The monoisotopic (exact) mass is 230 g/mol. The summed E-state index contributed by atoms with van der Waals surface area (Å²) in [5, 5.41) is 0. The zero-order valence-corrected chi connectivity index (χ0v) is 9.18. The van der Waals surface area contributed by atoms with Crippen LogP contribution in [0.2, 0.25) is 0 Å². The van der Waals surface area contributed by atoms with Gasteiger partial charge in [-0.25, -0.2) is 0 Å². The number of anilines is 4. The van der Waals surface area contributed by atoms with Gasteiger partial charge in [-0.3, -0.25) is 0 Å². The summed E-state index contributed by atoms with van der Waals surface area (Å²) in [6, 6.07) is 10.7. The smallest absolute Gasteiger partial charge is 0.177 e. The highest BCUT2D eigenvalue weighted by atomic mass is 16.5. The van der Waals surface area contributed by atoms with Gasteiger partial charge >= 0.3 is 0 Å². The van der Waals surface area contributed by atoms with Crippen molar-refractivity contribution < 1.29 is 4.74 Å². The number of nitrogen functional groups attached to an aromatic ring is 4. The summed E-state index contributed by atoms with van der Waals surface area (Å²) >= 11 is 0. The highest BCUT2D eigenvalue weighted by Crippen LogP contribution is 2.40. The summed E-state index contributed by atoms with van der Waals surface area (Å²) in [4.78, 5) is 0. The predicted molar refractivity (Wildman–Crippen MR) is 70.6 cm³/mol. The van der Waals surface area contributed by atoms with Gasteiger partial charge in [0.05, 0.1) is 11.4 Å². The molecule has 0 spiro atoms. The van der Waals surface area contributed by atoms with Gasteiger partial charge < -0.3 is 27.7 Å². The molecule has 88 valence electrons. The molecule has 2 aromatic rings. The molecule has 0 aromatic heterocycles. The third kappa shape index (κ3) is 2.03. The molecule has 2 aromatic carbocycles. The van der Waals surface area contributed by atoms with Crippen LogP contribution in [0.5, 0.6) is 11.5 Å². The molecule has 0 saturated heterocycles. The van der Waals surface area contributed by atoms with Crippen molar-refractivity contribution in [2.75, 3.05) is 22.9 Å². The van der Waals surface area contributed by atoms with Crippen LogP contribution in [0.1, 0.15) is 0 Å². The molecule has 0 fully saturated rings. The third-order valence-electron chi connectivity index (χ3n) is 2.39. The van der Waals surface area contributed by atoms with Crippen molar-refractivity contribution in [3.8, 4) is 11.5 Å². The van der Waals surface area contributed by atoms with Crippen LogP contribution in [0.3, 0.4) is 0 Å². The number of hydrogen-bond acceptors (Lipinski definition) is 5. The second-order valence-electron chi connectivity index (χ2n) is 3.63. The van der Waals surface area contributed by atoms with Gasteiger partial charge in [0.25, 0.3) is 0 Å². The summed E-state index contributed by atoms with van der Waals surface area (Å²) in [5.74, 6) is 0.921. The first-order chi connectivity index (χ1) is 8.09. The lowest BCUT2D eigenvalue weighted by molar-refractivity contribution is 0.488. The summed E-state index contributed by atoms with van der Waals surface area (Å²) in [5.41, 5.74) is 24.3. The molecule has 0 radical (unpaired) electrons. The average Bonchev–Trinajstić information content (AvgIpc) is 2.33. The lowest BCUT2D eigenvalue weighted by Crippen LogP contribution is -2.04. The largest absolute Gasteiger partial charge is 0.453 e. The SMILES string of the molecule is Nc1cc(N)c(N)c(Oc2ccccc2)c1N. The minimum Gasteiger partial charge on any atom is -0.453 e. The molecule has 17 heavy (non-hydrogen) atoms. The molecule has 0 saturated carbocycles. The molecule has 0 bridgehead atoms. The van der Waals surface area contributed by atoms with Gasteiger partial charge in [0.1, 0.15) is 17.1 Å². The first-order valence-electron chi connectivity index (χ1n) is 5.05. The fraction of sp³-hybridized carbons (Fsp3) is 0. The van der Waals surface area contributed by atoms with E-state index in [1.54, 1.807) is 12.1 Å². The van der Waals surface area contributed by atoms with E-state index in [2.05, 4.69) is 0 Å². The number of para-hydroxylation sites is 1. The van der Waals surface area contributed by atoms with Crippen LogP contribution < -0.4 is 27.7 Å². The number of ether oxygens (including phenoxy) is 1. The molecular formula is C12H14N4O. The Morgan fingerprint density at radius 2 is 1.29 bits per heavy atom. The van der Waals surface area contributed by atoms with Crippen LogP contribution in [-0.2, 0) is 0 Å². The second kappa shape index (κ2) is 4.13. The zero-order chi connectivity index (χ0) is 12.4. The van der Waals surface area contributed by atoms with Gasteiger partial charge in [0, 0.05) is 0 Å². The van der Waals surface area contributed by atoms with Crippen LogP contribution in [0.4, 0.5) is 22.7 Å². The summed E-state index contributed by atoms with van der Waals surface area (Å²) in [6.07, 6.45) is 0. The van der Waals surface area contributed by atoms with Gasteiger partial charge in [0.15, 0.2) is 5.75 Å². The Balaban J connectivity index is 2.46. The van der Waals surface area contributed by atoms with Crippen LogP contribution in [-0.4, -0.2) is 0 Å². The van der Waals surface area contributed by atoms with E-state index in [1.807, 2.05) is 18.2 Å². The molecule has 0 aliphatic carbocycles. The van der Waals surface area contributed by atoms with E-state index in [1.165, 1.54) is 6.07 Å². The van der Waals surface area contributed by atoms with E-state index in [0.29, 0.717) is 34.2 Å². The Hall–Kier alpha value is -2.56. The number of hydrogen-bond donors (Lipinski definition) is 4. The summed E-state index contributed by atoms with van der Waals surface area (Å²) < 4.78 is 5.59. The quantitative estimate of drug-likeness (QED) is 0.587. The Kier molecular flexibility index (Phi) is 2.66. The summed E-state index contributed by atoms with van der Waals surface area (Å²) in [6.45, 7) is 0. The van der Waals surface area contributed by atoms with Crippen LogP contribution in [0, 0.1) is 0 Å². The van der Waals surface area contributed by atoms with Crippen molar-refractivity contribution >= 4 is 22.7 Å². The van der Waals surface area contributed by atoms with Gasteiger partial charge in [-0.15, -0.1) is 0 Å². The number of benzene rings is 2. The molecule has 0 aliphatic heterocycles. The lowest BCUT2D eigenvalue weighted by atomic mass is 10.2. The van der Waals surface area contributed by atoms with E-state index in [4.69, 9.17) is 27.7 Å². The Bertz CT molecular complexity index is 514. The van der Waals surface area contributed by atoms with E-state index in [-0.39, 0.29) is 0 Å². The molecule has 0 amide bonds. The fourth-order valence-electron chi connectivity index (χ4n) is 1.45. The van der Waals surface area contributed by atoms with Crippen molar-refractivity contribution in [2.24, 2.45) is 0 Å². The lowest BCUT2D eigenvalue weighted by Gasteiger charge is -2.14. The summed E-state index contributed by atoms with van der Waals surface area (Å²) in [7, 11) is 0. The van der Waals surface area contributed by atoms with Gasteiger partial charge in [0.2, 0.25) is 0 Å². The minimum atomic E-state index is 0.292. The van der Waals surface area contributed by atoms with Gasteiger partial charge in [-0.1, -0.05) is 18.2 Å². The highest BCUT2D eigenvalue weighted by molar-refractivity contribution is 5.87. The van der Waals surface area contributed by atoms with E-state index in [0.717, 1.165) is 0 Å². The maximum atomic E-state index is 5.81. The Labute approximate surface area is 99.0 Å². The molecule has 0 heterocycles. The Morgan fingerprint density at radius 3 is 1.82 bits per heavy atom. The van der Waals surface area contributed by atoms with Crippen LogP contribution in [0.25, 0.3) is 0 Å². The molecule has 5 heteroatoms. The standard InChI is InChI=1S/C12H14N4O/c13-8-6-9(14)11(16)12(10(8)15)17-7-4-2-1-3-5-7/h1-6H,13-16H2. The molecule has 2 rings (SSSR count). The van der Waals surface area contributed by atoms with Crippen molar-refractivity contribution in [3.63, 3.8) is 0 Å². The number of rotatable bonds is 2. The van der Waals surface area contributed by atoms with Crippen molar-refractivity contribution in [2.45, 2.75) is 0 Å². The molecule has 0 unspecified atom stereocenters. The molecular weight excluding hydrogens is 216 g/mol. The van der Waals surface area contributed by atoms with Crippen LogP contribution >= 0.6 is 0 Å². The van der Waals surface area contributed by atoms with E-state index >= 15 is 0 Å². The molecule has 5 nitrogen and oxygen atoms in total. The van der Waals surface area contributed by atoms with E-state index < -0.39 is 0 Å². The predicted octanol–water partition coefficient (Wildman–Crippen LogP) is 1.81.